The van der Waals surface area contributed by atoms with Gasteiger partial charge in [0.15, 0.2) is 0 Å². The summed E-state index contributed by atoms with van der Waals surface area (Å²) in [5.41, 5.74) is 0. The van der Waals surface area contributed by atoms with Gasteiger partial charge in [-0.2, -0.15) is 0 Å². The van der Waals surface area contributed by atoms with Crippen molar-refractivity contribution in [3.63, 3.8) is 0 Å². The monoisotopic (exact) mass is 224 g/mol. The number of nitrogens with zero attached hydrogens (tertiary/aromatic N) is 3. The lowest BCUT2D eigenvalue weighted by Crippen LogP contribution is -2.25. The fourth-order valence-corrected chi connectivity index (χ4v) is 1.68. The van der Waals surface area contributed by atoms with Gasteiger partial charge in [-0.3, -0.25) is 4.90 Å². The van der Waals surface area contributed by atoms with Crippen molar-refractivity contribution in [1.82, 2.24) is 19.8 Å². The van der Waals surface area contributed by atoms with Crippen LogP contribution in [0.5, 0.6) is 0 Å². The van der Waals surface area contributed by atoms with E-state index in [1.165, 1.54) is 12.8 Å². The Hall–Kier alpha value is -0.870. The van der Waals surface area contributed by atoms with Crippen molar-refractivity contribution in [3.05, 3.63) is 18.2 Å². The van der Waals surface area contributed by atoms with Crippen molar-refractivity contribution in [2.24, 2.45) is 7.05 Å². The first kappa shape index (κ1) is 13.2. The molecule has 0 aromatic carbocycles. The van der Waals surface area contributed by atoms with E-state index in [1.807, 2.05) is 26.5 Å². The van der Waals surface area contributed by atoms with Crippen LogP contribution in [0.1, 0.15) is 25.6 Å². The maximum Gasteiger partial charge on any atom is 0.122 e. The molecule has 1 aromatic heterocycles. The van der Waals surface area contributed by atoms with Gasteiger partial charge in [0.2, 0.25) is 0 Å². The predicted octanol–water partition coefficient (Wildman–Crippen LogP) is 1.24. The smallest absolute Gasteiger partial charge is 0.122 e. The lowest BCUT2D eigenvalue weighted by atomic mass is 10.2. The van der Waals surface area contributed by atoms with Gasteiger partial charge in [0.1, 0.15) is 5.82 Å². The van der Waals surface area contributed by atoms with E-state index in [-0.39, 0.29) is 0 Å². The molecule has 1 unspecified atom stereocenters. The average Bonchev–Trinajstić information content (AvgIpc) is 2.64. The lowest BCUT2D eigenvalue weighted by Gasteiger charge is -2.17. The highest BCUT2D eigenvalue weighted by Gasteiger charge is 2.05. The molecule has 1 N–H and O–H groups in total. The maximum absolute atomic E-state index is 4.32. The highest BCUT2D eigenvalue weighted by Crippen LogP contribution is 2.02. The predicted molar refractivity (Wildman–Crippen MR) is 67.3 cm³/mol. The Morgan fingerprint density at radius 1 is 1.56 bits per heavy atom. The summed E-state index contributed by atoms with van der Waals surface area (Å²) in [6.07, 6.45) is 6.29. The molecule has 92 valence electrons. The molecule has 0 bridgehead atoms. The van der Waals surface area contributed by atoms with Crippen molar-refractivity contribution in [2.45, 2.75) is 32.4 Å². The van der Waals surface area contributed by atoms with Crippen molar-refractivity contribution in [2.75, 3.05) is 20.6 Å². The highest BCUT2D eigenvalue weighted by atomic mass is 15.1. The van der Waals surface area contributed by atoms with E-state index in [0.29, 0.717) is 6.04 Å². The molecule has 0 saturated heterocycles. The molecule has 16 heavy (non-hydrogen) atoms. The standard InChI is InChI=1S/C12H24N4/c1-11(13-2)6-5-8-15(3)10-12-14-7-9-16(12)4/h7,9,11,13H,5-6,8,10H2,1-4H3. The molecule has 0 saturated carbocycles. The van der Waals surface area contributed by atoms with Gasteiger partial charge < -0.3 is 9.88 Å². The van der Waals surface area contributed by atoms with Crippen LogP contribution in [-0.2, 0) is 13.6 Å². The number of aromatic nitrogens is 2. The van der Waals surface area contributed by atoms with Crippen LogP contribution in [0, 0.1) is 0 Å². The normalized spacial score (nSPS) is 13.3. The summed E-state index contributed by atoms with van der Waals surface area (Å²) in [5, 5.41) is 3.26. The first-order valence-corrected chi connectivity index (χ1v) is 5.95. The fourth-order valence-electron chi connectivity index (χ4n) is 1.68. The molecule has 4 heteroatoms. The Bertz CT molecular complexity index is 295. The van der Waals surface area contributed by atoms with Crippen LogP contribution in [0.25, 0.3) is 0 Å². The Morgan fingerprint density at radius 3 is 2.88 bits per heavy atom. The molecular weight excluding hydrogens is 200 g/mol. The van der Waals surface area contributed by atoms with Gasteiger partial charge in [-0.1, -0.05) is 0 Å². The summed E-state index contributed by atoms with van der Waals surface area (Å²) in [5.74, 6) is 1.13. The minimum absolute atomic E-state index is 0.613. The van der Waals surface area contributed by atoms with E-state index in [2.05, 4.69) is 33.7 Å². The summed E-state index contributed by atoms with van der Waals surface area (Å²) in [7, 11) is 6.21. The number of hydrogen-bond acceptors (Lipinski definition) is 3. The van der Waals surface area contributed by atoms with Gasteiger partial charge in [-0.25, -0.2) is 4.98 Å². The van der Waals surface area contributed by atoms with Crippen molar-refractivity contribution < 1.29 is 0 Å². The molecule has 1 aromatic rings. The largest absolute Gasteiger partial charge is 0.337 e. The second-order valence-corrected chi connectivity index (χ2v) is 4.52. The number of aryl methyl sites for hydroxylation is 1. The van der Waals surface area contributed by atoms with Crippen LogP contribution in [0.3, 0.4) is 0 Å². The molecule has 0 radical (unpaired) electrons. The molecule has 1 rings (SSSR count). The van der Waals surface area contributed by atoms with Crippen LogP contribution in [0.15, 0.2) is 12.4 Å². The summed E-state index contributed by atoms with van der Waals surface area (Å²) in [4.78, 5) is 6.65. The van der Waals surface area contributed by atoms with Gasteiger partial charge in [-0.05, 0) is 40.4 Å². The molecule has 1 atom stereocenters. The lowest BCUT2D eigenvalue weighted by molar-refractivity contribution is 0.302. The molecule has 0 aliphatic rings. The van der Waals surface area contributed by atoms with E-state index in [9.17, 15) is 0 Å². The van der Waals surface area contributed by atoms with Gasteiger partial charge >= 0.3 is 0 Å². The SMILES string of the molecule is CNC(C)CCCN(C)Cc1nccn1C. The Morgan fingerprint density at radius 2 is 2.31 bits per heavy atom. The quantitative estimate of drug-likeness (QED) is 0.756. The Kier molecular flexibility index (Phi) is 5.49. The molecule has 0 amide bonds. The minimum atomic E-state index is 0.613. The van der Waals surface area contributed by atoms with Gasteiger partial charge in [0.25, 0.3) is 0 Å². The second kappa shape index (κ2) is 6.66. The Balaban J connectivity index is 2.21. The summed E-state index contributed by atoms with van der Waals surface area (Å²) in [6, 6.07) is 0.613. The van der Waals surface area contributed by atoms with Crippen molar-refractivity contribution in [3.8, 4) is 0 Å². The van der Waals surface area contributed by atoms with Crippen LogP contribution >= 0.6 is 0 Å². The van der Waals surface area contributed by atoms with Crippen molar-refractivity contribution in [1.29, 1.82) is 0 Å². The number of rotatable bonds is 7. The van der Waals surface area contributed by atoms with Crippen LogP contribution < -0.4 is 5.32 Å². The molecule has 0 aliphatic heterocycles. The highest BCUT2D eigenvalue weighted by molar-refractivity contribution is 4.90. The number of imidazole rings is 1. The third kappa shape index (κ3) is 4.33. The summed E-state index contributed by atoms with van der Waals surface area (Å²) >= 11 is 0. The zero-order chi connectivity index (χ0) is 12.0. The second-order valence-electron chi connectivity index (χ2n) is 4.52. The van der Waals surface area contributed by atoms with E-state index in [1.54, 1.807) is 0 Å². The van der Waals surface area contributed by atoms with Crippen LogP contribution in [0.2, 0.25) is 0 Å². The zero-order valence-corrected chi connectivity index (χ0v) is 10.9. The maximum atomic E-state index is 4.32. The zero-order valence-electron chi connectivity index (χ0n) is 10.9. The van der Waals surface area contributed by atoms with Crippen LogP contribution in [0.4, 0.5) is 0 Å². The van der Waals surface area contributed by atoms with E-state index in [0.717, 1.165) is 18.9 Å². The number of nitrogens with one attached hydrogen (secondary N) is 1. The first-order chi connectivity index (χ1) is 7.63. The molecular formula is C12H24N4. The minimum Gasteiger partial charge on any atom is -0.337 e. The molecule has 0 aliphatic carbocycles. The third-order valence-corrected chi connectivity index (χ3v) is 3.00. The van der Waals surface area contributed by atoms with Gasteiger partial charge in [0, 0.05) is 25.5 Å². The molecule has 0 spiro atoms. The fraction of sp³-hybridized carbons (Fsp3) is 0.750. The average molecular weight is 224 g/mol. The molecule has 1 heterocycles. The molecule has 0 fully saturated rings. The number of hydrogen-bond donors (Lipinski definition) is 1. The van der Waals surface area contributed by atoms with Crippen LogP contribution in [-0.4, -0.2) is 41.1 Å². The first-order valence-electron chi connectivity index (χ1n) is 5.95. The topological polar surface area (TPSA) is 33.1 Å². The van der Waals surface area contributed by atoms with E-state index in [4.69, 9.17) is 0 Å². The molecule has 4 nitrogen and oxygen atoms in total. The third-order valence-electron chi connectivity index (χ3n) is 3.00. The Labute approximate surface area is 98.7 Å². The summed E-state index contributed by atoms with van der Waals surface area (Å²) in [6.45, 7) is 4.27. The van der Waals surface area contributed by atoms with Gasteiger partial charge in [0.05, 0.1) is 6.54 Å². The summed E-state index contributed by atoms with van der Waals surface area (Å²) < 4.78 is 2.08. The van der Waals surface area contributed by atoms with Crippen molar-refractivity contribution >= 4 is 0 Å². The van der Waals surface area contributed by atoms with E-state index < -0.39 is 0 Å². The van der Waals surface area contributed by atoms with Gasteiger partial charge in [-0.15, -0.1) is 0 Å². The van der Waals surface area contributed by atoms with E-state index >= 15 is 0 Å².